The normalized spacial score (nSPS) is 10.0. The minimum absolute atomic E-state index is 0.368. The third kappa shape index (κ3) is 2.82. The van der Waals surface area contributed by atoms with E-state index >= 15 is 0 Å². The van der Waals surface area contributed by atoms with Crippen molar-refractivity contribution in [1.82, 2.24) is 0 Å². The molecule has 0 spiro atoms. The zero-order valence-electron chi connectivity index (χ0n) is 10.7. The molecule has 0 aromatic heterocycles. The fourth-order valence-electron chi connectivity index (χ4n) is 1.48. The number of carbonyl (C=O) groups excluding carboxylic acids is 1. The van der Waals surface area contributed by atoms with Crippen LogP contribution in [0, 0.1) is 0 Å². The lowest BCUT2D eigenvalue weighted by molar-refractivity contribution is 0.0601. The molecule has 1 aromatic carbocycles. The predicted octanol–water partition coefficient (Wildman–Crippen LogP) is 2.26. The summed E-state index contributed by atoms with van der Waals surface area (Å²) in [7, 11) is 8.87. The van der Waals surface area contributed by atoms with Crippen LogP contribution in [0.25, 0.3) is 0 Å². The van der Waals surface area contributed by atoms with Crippen molar-refractivity contribution >= 4 is 28.9 Å². The Morgan fingerprint density at radius 3 is 1.82 bits per heavy atom. The Morgan fingerprint density at radius 1 is 1.12 bits per heavy atom. The van der Waals surface area contributed by atoms with E-state index in [4.69, 9.17) is 16.3 Å². The van der Waals surface area contributed by atoms with E-state index in [0.717, 1.165) is 11.4 Å². The molecule has 0 amide bonds. The van der Waals surface area contributed by atoms with Crippen LogP contribution in [-0.4, -0.2) is 41.3 Å². The Balaban J connectivity index is 3.42. The number of ether oxygens (including phenoxy) is 1. The van der Waals surface area contributed by atoms with Gasteiger partial charge in [0.05, 0.1) is 29.1 Å². The summed E-state index contributed by atoms with van der Waals surface area (Å²) >= 11 is 6.28. The summed E-state index contributed by atoms with van der Waals surface area (Å²) in [6.45, 7) is 0. The monoisotopic (exact) mass is 256 g/mol. The van der Waals surface area contributed by atoms with Crippen molar-refractivity contribution in [3.8, 4) is 0 Å². The Hall–Kier alpha value is -1.42. The molecule has 0 saturated carbocycles. The van der Waals surface area contributed by atoms with Gasteiger partial charge in [-0.05, 0) is 12.1 Å². The molecule has 0 aliphatic heterocycles. The van der Waals surface area contributed by atoms with Gasteiger partial charge in [0, 0.05) is 28.2 Å². The van der Waals surface area contributed by atoms with Gasteiger partial charge in [0.1, 0.15) is 0 Å². The van der Waals surface area contributed by atoms with E-state index in [9.17, 15) is 4.79 Å². The second kappa shape index (κ2) is 5.27. The summed E-state index contributed by atoms with van der Waals surface area (Å²) in [6, 6.07) is 3.45. The lowest BCUT2D eigenvalue weighted by Crippen LogP contribution is -2.16. The van der Waals surface area contributed by atoms with Crippen LogP contribution < -0.4 is 9.80 Å². The average molecular weight is 257 g/mol. The first-order chi connectivity index (χ1) is 7.88. The Bertz CT molecular complexity index is 402. The number of anilines is 2. The standard InChI is InChI=1S/C12H17ClN2O2/c1-14(2)9-6-8(12(16)17-5)7-10(11(9)13)15(3)4/h6-7H,1-5H3. The summed E-state index contributed by atoms with van der Waals surface area (Å²) in [4.78, 5) is 15.3. The molecule has 0 heterocycles. The van der Waals surface area contributed by atoms with Crippen LogP contribution in [0.15, 0.2) is 12.1 Å². The van der Waals surface area contributed by atoms with Gasteiger partial charge >= 0.3 is 5.97 Å². The van der Waals surface area contributed by atoms with E-state index < -0.39 is 0 Å². The highest BCUT2D eigenvalue weighted by atomic mass is 35.5. The zero-order chi connectivity index (χ0) is 13.2. The maximum Gasteiger partial charge on any atom is 0.338 e. The van der Waals surface area contributed by atoms with Crippen LogP contribution in [0.2, 0.25) is 5.02 Å². The molecule has 0 unspecified atom stereocenters. The van der Waals surface area contributed by atoms with Gasteiger partial charge in [-0.15, -0.1) is 0 Å². The van der Waals surface area contributed by atoms with E-state index in [0.29, 0.717) is 10.6 Å². The molecule has 0 fully saturated rings. The van der Waals surface area contributed by atoms with Crippen LogP contribution in [0.3, 0.4) is 0 Å². The molecule has 0 radical (unpaired) electrons. The molecule has 4 nitrogen and oxygen atoms in total. The predicted molar refractivity (Wildman–Crippen MR) is 71.4 cm³/mol. The van der Waals surface area contributed by atoms with Gasteiger partial charge in [-0.3, -0.25) is 0 Å². The largest absolute Gasteiger partial charge is 0.465 e. The highest BCUT2D eigenvalue weighted by Gasteiger charge is 2.16. The fourth-order valence-corrected chi connectivity index (χ4v) is 1.93. The molecule has 0 aliphatic rings. The Labute approximate surface area is 107 Å². The first-order valence-electron chi connectivity index (χ1n) is 5.15. The summed E-state index contributed by atoms with van der Waals surface area (Å²) in [5.41, 5.74) is 2.07. The SMILES string of the molecule is COC(=O)c1cc(N(C)C)c(Cl)c(N(C)C)c1. The number of methoxy groups -OCH3 is 1. The van der Waals surface area contributed by atoms with Gasteiger partial charge in [-0.1, -0.05) is 11.6 Å². The van der Waals surface area contributed by atoms with Gasteiger partial charge in [0.2, 0.25) is 0 Å². The summed E-state index contributed by atoms with van der Waals surface area (Å²) in [5, 5.41) is 0.618. The molecule has 0 atom stereocenters. The fraction of sp³-hybridized carbons (Fsp3) is 0.417. The number of hydrogen-bond acceptors (Lipinski definition) is 4. The van der Waals surface area contributed by atoms with Crippen LogP contribution in [0.4, 0.5) is 11.4 Å². The zero-order valence-corrected chi connectivity index (χ0v) is 11.5. The van der Waals surface area contributed by atoms with Crippen LogP contribution in [0.1, 0.15) is 10.4 Å². The summed E-state index contributed by atoms with van der Waals surface area (Å²) in [5.74, 6) is -0.368. The Kier molecular flexibility index (Phi) is 4.23. The third-order valence-electron chi connectivity index (χ3n) is 2.42. The number of nitrogens with zero attached hydrogens (tertiary/aromatic N) is 2. The van der Waals surface area contributed by atoms with Crippen LogP contribution in [0.5, 0.6) is 0 Å². The van der Waals surface area contributed by atoms with Crippen LogP contribution >= 0.6 is 11.6 Å². The molecular formula is C12H17ClN2O2. The molecule has 5 heteroatoms. The van der Waals surface area contributed by atoms with Crippen LogP contribution in [-0.2, 0) is 4.74 Å². The molecule has 0 bridgehead atoms. The van der Waals surface area contributed by atoms with E-state index in [1.54, 1.807) is 12.1 Å². The van der Waals surface area contributed by atoms with Crippen molar-refractivity contribution < 1.29 is 9.53 Å². The van der Waals surface area contributed by atoms with Gasteiger partial charge in [0.15, 0.2) is 0 Å². The van der Waals surface area contributed by atoms with Crippen molar-refractivity contribution in [2.45, 2.75) is 0 Å². The van der Waals surface area contributed by atoms with E-state index in [1.807, 2.05) is 38.0 Å². The lowest BCUT2D eigenvalue weighted by Gasteiger charge is -2.22. The molecule has 1 aromatic rings. The third-order valence-corrected chi connectivity index (χ3v) is 2.81. The number of benzene rings is 1. The van der Waals surface area contributed by atoms with Gasteiger partial charge in [0.25, 0.3) is 0 Å². The van der Waals surface area contributed by atoms with Crippen molar-refractivity contribution in [1.29, 1.82) is 0 Å². The molecule has 94 valence electrons. The van der Waals surface area contributed by atoms with E-state index in [-0.39, 0.29) is 5.97 Å². The topological polar surface area (TPSA) is 32.8 Å². The average Bonchev–Trinajstić information content (AvgIpc) is 2.27. The highest BCUT2D eigenvalue weighted by molar-refractivity contribution is 6.36. The summed E-state index contributed by atoms with van der Waals surface area (Å²) < 4.78 is 4.73. The molecule has 0 saturated heterocycles. The lowest BCUT2D eigenvalue weighted by atomic mass is 10.1. The molecule has 0 N–H and O–H groups in total. The number of halogens is 1. The van der Waals surface area contributed by atoms with Crippen molar-refractivity contribution in [2.75, 3.05) is 45.1 Å². The van der Waals surface area contributed by atoms with Crippen molar-refractivity contribution in [2.24, 2.45) is 0 Å². The number of hydrogen-bond donors (Lipinski definition) is 0. The van der Waals surface area contributed by atoms with Gasteiger partial charge in [-0.2, -0.15) is 0 Å². The second-order valence-electron chi connectivity index (χ2n) is 4.11. The number of rotatable bonds is 3. The second-order valence-corrected chi connectivity index (χ2v) is 4.49. The van der Waals surface area contributed by atoms with Crippen molar-refractivity contribution in [3.63, 3.8) is 0 Å². The smallest absolute Gasteiger partial charge is 0.338 e. The quantitative estimate of drug-likeness (QED) is 0.777. The Morgan fingerprint density at radius 2 is 1.53 bits per heavy atom. The highest BCUT2D eigenvalue weighted by Crippen LogP contribution is 2.35. The first-order valence-corrected chi connectivity index (χ1v) is 5.52. The van der Waals surface area contributed by atoms with E-state index in [2.05, 4.69) is 0 Å². The van der Waals surface area contributed by atoms with Gasteiger partial charge in [-0.25, -0.2) is 4.79 Å². The molecule has 1 rings (SSSR count). The van der Waals surface area contributed by atoms with Crippen molar-refractivity contribution in [3.05, 3.63) is 22.7 Å². The van der Waals surface area contributed by atoms with E-state index in [1.165, 1.54) is 7.11 Å². The minimum Gasteiger partial charge on any atom is -0.465 e. The maximum absolute atomic E-state index is 11.6. The first kappa shape index (κ1) is 13.6. The molecular weight excluding hydrogens is 240 g/mol. The van der Waals surface area contributed by atoms with Gasteiger partial charge < -0.3 is 14.5 Å². The molecule has 0 aliphatic carbocycles. The summed E-state index contributed by atoms with van der Waals surface area (Å²) in [6.07, 6.45) is 0. The number of carbonyl (C=O) groups is 1. The number of esters is 1. The minimum atomic E-state index is -0.368. The molecule has 17 heavy (non-hydrogen) atoms. The maximum atomic E-state index is 11.6.